The normalized spacial score (nSPS) is 11.4. The lowest BCUT2D eigenvalue weighted by atomic mass is 10.2. The first-order valence-corrected chi connectivity index (χ1v) is 4.03. The van der Waals surface area contributed by atoms with E-state index in [4.69, 9.17) is 10.5 Å². The van der Waals surface area contributed by atoms with Gasteiger partial charge < -0.3 is 15.5 Å². The van der Waals surface area contributed by atoms with Gasteiger partial charge in [-0.3, -0.25) is 0 Å². The monoisotopic (exact) mass is 193 g/mol. The summed E-state index contributed by atoms with van der Waals surface area (Å²) in [4.78, 5) is 16.8. The number of rotatable bonds is 3. The third-order valence-corrected chi connectivity index (χ3v) is 1.64. The minimum atomic E-state index is -1.09. The number of aromatic carboxylic acids is 1. The van der Waals surface area contributed by atoms with Gasteiger partial charge in [0.2, 0.25) is 5.82 Å². The lowest BCUT2D eigenvalue weighted by Gasteiger charge is -1.94. The van der Waals surface area contributed by atoms with E-state index in [1.807, 2.05) is 0 Å². The van der Waals surface area contributed by atoms with E-state index in [0.717, 1.165) is 5.57 Å². The van der Waals surface area contributed by atoms with Crippen molar-refractivity contribution >= 4 is 17.3 Å². The van der Waals surface area contributed by atoms with Crippen LogP contribution in [-0.4, -0.2) is 26.8 Å². The van der Waals surface area contributed by atoms with Gasteiger partial charge in [0, 0.05) is 5.71 Å². The van der Waals surface area contributed by atoms with E-state index in [9.17, 15) is 4.79 Å². The fraction of sp³-hybridized carbons (Fsp3) is 0.222. The van der Waals surface area contributed by atoms with E-state index in [0.29, 0.717) is 11.4 Å². The molecule has 0 aliphatic heterocycles. The molecule has 1 aromatic heterocycles. The minimum absolute atomic E-state index is 0.0876. The largest absolute Gasteiger partial charge is 0.475 e. The number of aromatic nitrogens is 2. The topological polar surface area (TPSA) is 89.8 Å². The van der Waals surface area contributed by atoms with Crippen LogP contribution in [-0.2, 0) is 0 Å². The van der Waals surface area contributed by atoms with Crippen molar-refractivity contribution in [2.75, 3.05) is 0 Å². The second-order valence-corrected chi connectivity index (χ2v) is 2.96. The zero-order valence-electron chi connectivity index (χ0n) is 7.96. The van der Waals surface area contributed by atoms with E-state index in [1.54, 1.807) is 19.9 Å². The summed E-state index contributed by atoms with van der Waals surface area (Å²) in [5.41, 5.74) is 1.82. The van der Waals surface area contributed by atoms with Crippen LogP contribution in [0.4, 0.5) is 0 Å². The van der Waals surface area contributed by atoms with Crippen LogP contribution in [0.5, 0.6) is 0 Å². The van der Waals surface area contributed by atoms with Crippen molar-refractivity contribution < 1.29 is 9.90 Å². The van der Waals surface area contributed by atoms with Crippen molar-refractivity contribution in [3.8, 4) is 0 Å². The van der Waals surface area contributed by atoms with E-state index in [1.165, 1.54) is 6.20 Å². The van der Waals surface area contributed by atoms with Gasteiger partial charge in [-0.05, 0) is 25.5 Å². The van der Waals surface area contributed by atoms with E-state index in [2.05, 4.69) is 9.97 Å². The summed E-state index contributed by atoms with van der Waals surface area (Å²) in [6.45, 7) is 3.44. The van der Waals surface area contributed by atoms with Crippen molar-refractivity contribution in [2.45, 2.75) is 13.8 Å². The van der Waals surface area contributed by atoms with Gasteiger partial charge in [-0.2, -0.15) is 0 Å². The van der Waals surface area contributed by atoms with Crippen LogP contribution in [0.2, 0.25) is 0 Å². The number of hydrogen-bond donors (Lipinski definition) is 3. The highest BCUT2D eigenvalue weighted by Gasteiger charge is 2.08. The fourth-order valence-corrected chi connectivity index (χ4v) is 1.03. The third kappa shape index (κ3) is 2.29. The fourth-order valence-electron chi connectivity index (χ4n) is 1.03. The molecule has 1 aromatic rings. The first-order chi connectivity index (χ1) is 6.50. The Hall–Kier alpha value is -1.91. The molecule has 0 saturated heterocycles. The van der Waals surface area contributed by atoms with Gasteiger partial charge >= 0.3 is 5.97 Å². The highest BCUT2D eigenvalue weighted by atomic mass is 16.4. The molecule has 0 aliphatic carbocycles. The zero-order chi connectivity index (χ0) is 10.7. The average molecular weight is 193 g/mol. The van der Waals surface area contributed by atoms with Gasteiger partial charge in [-0.1, -0.05) is 0 Å². The summed E-state index contributed by atoms with van der Waals surface area (Å²) >= 11 is 0. The molecule has 0 bridgehead atoms. The van der Waals surface area contributed by atoms with Crippen molar-refractivity contribution in [3.63, 3.8) is 0 Å². The molecule has 0 radical (unpaired) electrons. The Morgan fingerprint density at radius 3 is 2.71 bits per heavy atom. The second kappa shape index (κ2) is 3.87. The SMILES string of the molecule is CC(=N)/C=C(/C)c1cnc(C(=O)O)[nH]1. The summed E-state index contributed by atoms with van der Waals surface area (Å²) in [6.07, 6.45) is 3.08. The molecule has 5 heteroatoms. The second-order valence-electron chi connectivity index (χ2n) is 2.96. The first-order valence-electron chi connectivity index (χ1n) is 4.03. The molecule has 0 fully saturated rings. The Morgan fingerprint density at radius 1 is 1.64 bits per heavy atom. The van der Waals surface area contributed by atoms with Crippen molar-refractivity contribution in [1.82, 2.24) is 9.97 Å². The summed E-state index contributed by atoms with van der Waals surface area (Å²) < 4.78 is 0. The summed E-state index contributed by atoms with van der Waals surface area (Å²) in [5.74, 6) is -1.17. The number of H-pyrrole nitrogens is 1. The van der Waals surface area contributed by atoms with Gasteiger partial charge in [-0.25, -0.2) is 9.78 Å². The maximum Gasteiger partial charge on any atom is 0.371 e. The van der Waals surface area contributed by atoms with Crippen molar-refractivity contribution in [2.24, 2.45) is 0 Å². The molecule has 0 atom stereocenters. The molecule has 0 unspecified atom stereocenters. The van der Waals surface area contributed by atoms with Gasteiger partial charge in [0.1, 0.15) is 0 Å². The van der Waals surface area contributed by atoms with Crippen LogP contribution in [0.15, 0.2) is 12.3 Å². The van der Waals surface area contributed by atoms with Gasteiger partial charge in [0.25, 0.3) is 0 Å². The Bertz CT molecular complexity index is 404. The predicted molar refractivity (Wildman–Crippen MR) is 52.6 cm³/mol. The smallest absolute Gasteiger partial charge is 0.371 e. The Labute approximate surface area is 81.0 Å². The van der Waals surface area contributed by atoms with E-state index in [-0.39, 0.29) is 5.82 Å². The third-order valence-electron chi connectivity index (χ3n) is 1.64. The molecule has 1 rings (SSSR count). The molecule has 1 heterocycles. The highest BCUT2D eigenvalue weighted by molar-refractivity contribution is 5.96. The molecular weight excluding hydrogens is 182 g/mol. The van der Waals surface area contributed by atoms with E-state index < -0.39 is 5.97 Å². The molecule has 0 spiro atoms. The summed E-state index contributed by atoms with van der Waals surface area (Å²) in [5, 5.41) is 15.8. The lowest BCUT2D eigenvalue weighted by Crippen LogP contribution is -1.98. The molecule has 0 aliphatic rings. The van der Waals surface area contributed by atoms with Crippen LogP contribution in [0.3, 0.4) is 0 Å². The number of imidazole rings is 1. The number of aromatic amines is 1. The quantitative estimate of drug-likeness (QED) is 0.636. The van der Waals surface area contributed by atoms with Gasteiger partial charge in [0.05, 0.1) is 11.9 Å². The molecule has 0 saturated carbocycles. The summed E-state index contributed by atoms with van der Waals surface area (Å²) in [6, 6.07) is 0. The maximum atomic E-state index is 10.5. The molecule has 3 N–H and O–H groups in total. The molecular formula is C9H11N3O2. The molecule has 5 nitrogen and oxygen atoms in total. The number of hydrogen-bond acceptors (Lipinski definition) is 3. The van der Waals surface area contributed by atoms with Crippen LogP contribution in [0.1, 0.15) is 30.2 Å². The summed E-state index contributed by atoms with van der Waals surface area (Å²) in [7, 11) is 0. The maximum absolute atomic E-state index is 10.5. The number of allylic oxidation sites excluding steroid dienone is 2. The zero-order valence-corrected chi connectivity index (χ0v) is 7.96. The number of carboxylic acid groups (broad SMARTS) is 1. The molecule has 0 amide bonds. The number of carbonyl (C=O) groups is 1. The molecule has 14 heavy (non-hydrogen) atoms. The van der Waals surface area contributed by atoms with Gasteiger partial charge in [0.15, 0.2) is 0 Å². The Balaban J connectivity index is 2.97. The van der Waals surface area contributed by atoms with Crippen molar-refractivity contribution in [3.05, 3.63) is 23.8 Å². The highest BCUT2D eigenvalue weighted by Crippen LogP contribution is 2.10. The molecule has 0 aromatic carbocycles. The average Bonchev–Trinajstić information content (AvgIpc) is 2.50. The van der Waals surface area contributed by atoms with Crippen molar-refractivity contribution in [1.29, 1.82) is 5.41 Å². The number of nitrogens with one attached hydrogen (secondary N) is 2. The minimum Gasteiger partial charge on any atom is -0.475 e. The number of carboxylic acids is 1. The molecule has 74 valence electrons. The Morgan fingerprint density at radius 2 is 2.29 bits per heavy atom. The van der Waals surface area contributed by atoms with E-state index >= 15 is 0 Å². The first kappa shape index (κ1) is 10.2. The van der Waals surface area contributed by atoms with Crippen LogP contribution < -0.4 is 0 Å². The van der Waals surface area contributed by atoms with Crippen LogP contribution in [0.25, 0.3) is 5.57 Å². The van der Waals surface area contributed by atoms with Crippen LogP contribution in [0, 0.1) is 5.41 Å². The number of nitrogens with zero attached hydrogens (tertiary/aromatic N) is 1. The predicted octanol–water partition coefficient (Wildman–Crippen LogP) is 1.55. The standard InChI is InChI=1S/C9H11N3O2/c1-5(3-6(2)10)7-4-11-8(12-7)9(13)14/h3-4,10H,1-2H3,(H,11,12)(H,13,14)/b5-3-,10-6?. The van der Waals surface area contributed by atoms with Crippen LogP contribution >= 0.6 is 0 Å². The van der Waals surface area contributed by atoms with Gasteiger partial charge in [-0.15, -0.1) is 0 Å². The Kier molecular flexibility index (Phi) is 2.81. The lowest BCUT2D eigenvalue weighted by molar-refractivity contribution is 0.0684.